The van der Waals surface area contributed by atoms with E-state index in [1.165, 1.54) is 16.4 Å². The number of benzene rings is 2. The van der Waals surface area contributed by atoms with Gasteiger partial charge in [0.2, 0.25) is 11.1 Å². The van der Waals surface area contributed by atoms with Gasteiger partial charge in [-0.2, -0.15) is 0 Å². The fourth-order valence-corrected chi connectivity index (χ4v) is 3.26. The first kappa shape index (κ1) is 18.6. The number of nitrogens with zero attached hydrogens (tertiary/aromatic N) is 3. The van der Waals surface area contributed by atoms with Gasteiger partial charge in [0.15, 0.2) is 5.82 Å². The van der Waals surface area contributed by atoms with Crippen molar-refractivity contribution in [2.45, 2.75) is 12.1 Å². The zero-order valence-corrected chi connectivity index (χ0v) is 16.1. The van der Waals surface area contributed by atoms with Crippen LogP contribution in [0.2, 0.25) is 10.0 Å². The minimum absolute atomic E-state index is 0.136. The smallest absolute Gasteiger partial charge is 0.234 e. The highest BCUT2D eigenvalue weighted by Gasteiger charge is 2.14. The van der Waals surface area contributed by atoms with Gasteiger partial charge in [0.1, 0.15) is 0 Å². The van der Waals surface area contributed by atoms with Crippen LogP contribution in [0.4, 0.5) is 5.69 Å². The number of carbonyl (C=O) groups is 1. The van der Waals surface area contributed by atoms with Crippen LogP contribution in [0.15, 0.2) is 47.6 Å². The molecule has 0 radical (unpaired) electrons. The molecule has 2 aromatic carbocycles. The molecule has 0 bridgehead atoms. The van der Waals surface area contributed by atoms with Gasteiger partial charge in [-0.15, -0.1) is 10.2 Å². The van der Waals surface area contributed by atoms with Gasteiger partial charge in [0.25, 0.3) is 0 Å². The summed E-state index contributed by atoms with van der Waals surface area (Å²) in [6, 6.07) is 12.5. The van der Waals surface area contributed by atoms with Crippen LogP contribution in [0.5, 0.6) is 0 Å². The number of amides is 1. The van der Waals surface area contributed by atoms with Crippen LogP contribution in [-0.4, -0.2) is 26.5 Å². The Morgan fingerprint density at radius 2 is 1.96 bits per heavy atom. The number of hydrogen-bond acceptors (Lipinski definition) is 5. The standard InChI is InChI=1S/C17H15Cl2N5OS/c1-10-5-6-13(19)8-14(10)21-15(25)9-26-17-23-22-16(24(17)20)11-3-2-4-12(18)7-11/h2-8H,9,20H2,1H3,(H,21,25). The number of nitrogens with one attached hydrogen (secondary N) is 1. The maximum Gasteiger partial charge on any atom is 0.234 e. The molecule has 6 nitrogen and oxygen atoms in total. The number of rotatable bonds is 5. The van der Waals surface area contributed by atoms with E-state index in [0.717, 1.165) is 11.1 Å². The van der Waals surface area contributed by atoms with Gasteiger partial charge in [-0.1, -0.05) is 53.2 Å². The first-order valence-corrected chi connectivity index (χ1v) is 9.33. The number of carbonyl (C=O) groups excluding carboxylic acids is 1. The summed E-state index contributed by atoms with van der Waals surface area (Å²) in [6.07, 6.45) is 0. The van der Waals surface area contributed by atoms with E-state index in [-0.39, 0.29) is 11.7 Å². The number of halogens is 2. The van der Waals surface area contributed by atoms with Crippen molar-refractivity contribution in [2.75, 3.05) is 16.9 Å². The Balaban J connectivity index is 1.67. The number of nitrogen functional groups attached to an aromatic ring is 1. The van der Waals surface area contributed by atoms with E-state index in [0.29, 0.717) is 26.7 Å². The van der Waals surface area contributed by atoms with Crippen molar-refractivity contribution in [1.82, 2.24) is 14.9 Å². The Labute approximate surface area is 164 Å². The third-order valence-electron chi connectivity index (χ3n) is 3.55. The first-order valence-electron chi connectivity index (χ1n) is 7.59. The summed E-state index contributed by atoms with van der Waals surface area (Å²) in [5, 5.41) is 12.5. The summed E-state index contributed by atoms with van der Waals surface area (Å²) in [7, 11) is 0. The molecule has 1 heterocycles. The van der Waals surface area contributed by atoms with Gasteiger partial charge < -0.3 is 11.2 Å². The molecule has 0 unspecified atom stereocenters. The third kappa shape index (κ3) is 4.30. The number of hydrogen-bond donors (Lipinski definition) is 2. The van der Waals surface area contributed by atoms with Crippen molar-refractivity contribution in [3.05, 3.63) is 58.1 Å². The third-order valence-corrected chi connectivity index (χ3v) is 4.97. The maximum atomic E-state index is 12.2. The second-order valence-corrected chi connectivity index (χ2v) is 7.30. The lowest BCUT2D eigenvalue weighted by molar-refractivity contribution is -0.113. The summed E-state index contributed by atoms with van der Waals surface area (Å²) < 4.78 is 1.34. The molecule has 3 aromatic rings. The average molecular weight is 408 g/mol. The van der Waals surface area contributed by atoms with E-state index in [9.17, 15) is 4.79 Å². The van der Waals surface area contributed by atoms with E-state index >= 15 is 0 Å². The van der Waals surface area contributed by atoms with Crippen molar-refractivity contribution in [2.24, 2.45) is 0 Å². The number of anilines is 1. The minimum atomic E-state index is -0.187. The molecule has 0 atom stereocenters. The Hall–Kier alpha value is -2.22. The quantitative estimate of drug-likeness (QED) is 0.492. The molecule has 9 heteroatoms. The van der Waals surface area contributed by atoms with E-state index in [2.05, 4.69) is 15.5 Å². The SMILES string of the molecule is Cc1ccc(Cl)cc1NC(=O)CSc1nnc(-c2cccc(Cl)c2)n1N. The van der Waals surface area contributed by atoms with E-state index in [1.54, 1.807) is 30.3 Å². The average Bonchev–Trinajstić information content (AvgIpc) is 2.97. The number of nitrogens with two attached hydrogens (primary N) is 1. The summed E-state index contributed by atoms with van der Waals surface area (Å²) in [5.41, 5.74) is 2.35. The molecular formula is C17H15Cl2N5OS. The molecule has 0 fully saturated rings. The highest BCUT2D eigenvalue weighted by molar-refractivity contribution is 7.99. The fourth-order valence-electron chi connectivity index (χ4n) is 2.25. The molecule has 3 rings (SSSR count). The Morgan fingerprint density at radius 3 is 2.73 bits per heavy atom. The van der Waals surface area contributed by atoms with Gasteiger partial charge in [-0.25, -0.2) is 4.68 Å². The first-order chi connectivity index (χ1) is 12.4. The normalized spacial score (nSPS) is 10.7. The highest BCUT2D eigenvalue weighted by atomic mass is 35.5. The van der Waals surface area contributed by atoms with Crippen molar-refractivity contribution < 1.29 is 4.79 Å². The zero-order valence-electron chi connectivity index (χ0n) is 13.7. The molecule has 26 heavy (non-hydrogen) atoms. The van der Waals surface area contributed by atoms with Crippen LogP contribution >= 0.6 is 35.0 Å². The Bertz CT molecular complexity index is 960. The predicted molar refractivity (Wildman–Crippen MR) is 106 cm³/mol. The summed E-state index contributed by atoms with van der Waals surface area (Å²) in [4.78, 5) is 12.2. The van der Waals surface area contributed by atoms with Gasteiger partial charge in [0.05, 0.1) is 5.75 Å². The molecule has 0 spiro atoms. The van der Waals surface area contributed by atoms with Gasteiger partial charge >= 0.3 is 0 Å². The van der Waals surface area contributed by atoms with Crippen LogP contribution in [-0.2, 0) is 4.79 Å². The Morgan fingerprint density at radius 1 is 1.19 bits per heavy atom. The molecular weight excluding hydrogens is 393 g/mol. The van der Waals surface area contributed by atoms with Gasteiger partial charge in [-0.05, 0) is 36.8 Å². The molecule has 1 aromatic heterocycles. The molecule has 134 valence electrons. The predicted octanol–water partition coefficient (Wildman–Crippen LogP) is 4.00. The topological polar surface area (TPSA) is 85.8 Å². The minimum Gasteiger partial charge on any atom is -0.335 e. The molecule has 0 aliphatic heterocycles. The summed E-state index contributed by atoms with van der Waals surface area (Å²) >= 11 is 13.1. The van der Waals surface area contributed by atoms with Crippen molar-refractivity contribution in [3.8, 4) is 11.4 Å². The lowest BCUT2D eigenvalue weighted by atomic mass is 10.2. The monoisotopic (exact) mass is 407 g/mol. The van der Waals surface area contributed by atoms with Crippen molar-refractivity contribution in [1.29, 1.82) is 0 Å². The van der Waals surface area contributed by atoms with Crippen LogP contribution in [0.1, 0.15) is 5.56 Å². The van der Waals surface area contributed by atoms with E-state index in [1.807, 2.05) is 19.1 Å². The van der Waals surface area contributed by atoms with Crippen LogP contribution in [0.3, 0.4) is 0 Å². The molecule has 3 N–H and O–H groups in total. The summed E-state index contributed by atoms with van der Waals surface area (Å²) in [6.45, 7) is 1.90. The van der Waals surface area contributed by atoms with Gasteiger partial charge in [-0.3, -0.25) is 4.79 Å². The van der Waals surface area contributed by atoms with Crippen LogP contribution in [0, 0.1) is 6.92 Å². The second-order valence-electron chi connectivity index (χ2n) is 5.48. The molecule has 0 saturated heterocycles. The lowest BCUT2D eigenvalue weighted by Gasteiger charge is -2.08. The lowest BCUT2D eigenvalue weighted by Crippen LogP contribution is -2.17. The second kappa shape index (κ2) is 7.99. The van der Waals surface area contributed by atoms with Crippen molar-refractivity contribution >= 4 is 46.6 Å². The van der Waals surface area contributed by atoms with Crippen LogP contribution in [0.25, 0.3) is 11.4 Å². The van der Waals surface area contributed by atoms with Crippen LogP contribution < -0.4 is 11.2 Å². The molecule has 0 aliphatic rings. The zero-order chi connectivity index (χ0) is 18.7. The molecule has 0 aliphatic carbocycles. The molecule has 0 saturated carbocycles. The Kier molecular flexibility index (Phi) is 5.70. The summed E-state index contributed by atoms with van der Waals surface area (Å²) in [5.74, 6) is 6.47. The fraction of sp³-hybridized carbons (Fsp3) is 0.118. The van der Waals surface area contributed by atoms with E-state index < -0.39 is 0 Å². The number of thioether (sulfide) groups is 1. The van der Waals surface area contributed by atoms with Crippen molar-refractivity contribution in [3.63, 3.8) is 0 Å². The largest absolute Gasteiger partial charge is 0.335 e. The van der Waals surface area contributed by atoms with E-state index in [4.69, 9.17) is 29.0 Å². The number of aromatic nitrogens is 3. The molecule has 1 amide bonds. The van der Waals surface area contributed by atoms with Gasteiger partial charge in [0, 0.05) is 21.3 Å². The number of aryl methyl sites for hydroxylation is 1. The maximum absolute atomic E-state index is 12.2. The highest BCUT2D eigenvalue weighted by Crippen LogP contribution is 2.24.